The molecule has 1 aliphatic rings. The summed E-state index contributed by atoms with van der Waals surface area (Å²) in [6.07, 6.45) is 6.50. The van der Waals surface area contributed by atoms with E-state index >= 15 is 0 Å². The molecule has 0 bridgehead atoms. The Labute approximate surface area is 188 Å². The van der Waals surface area contributed by atoms with Crippen LogP contribution < -0.4 is 10.6 Å². The van der Waals surface area contributed by atoms with Crippen LogP contribution in [0.2, 0.25) is 0 Å². The molecular formula is C23H23BrFN5O. The lowest BCUT2D eigenvalue weighted by atomic mass is 10.0. The minimum Gasteiger partial charge on any atom is -0.366 e. The molecule has 1 amide bonds. The summed E-state index contributed by atoms with van der Waals surface area (Å²) >= 11 is 3.47. The highest BCUT2D eigenvalue weighted by Crippen LogP contribution is 2.30. The van der Waals surface area contributed by atoms with Gasteiger partial charge in [-0.15, -0.1) is 0 Å². The number of carbonyl (C=O) groups is 1. The molecule has 0 saturated heterocycles. The smallest absolute Gasteiger partial charge is 0.251 e. The summed E-state index contributed by atoms with van der Waals surface area (Å²) in [7, 11) is 0. The van der Waals surface area contributed by atoms with E-state index in [0.717, 1.165) is 10.0 Å². The van der Waals surface area contributed by atoms with E-state index < -0.39 is 0 Å². The molecule has 2 aromatic heterocycles. The molecule has 4 rings (SSSR count). The number of anilines is 1. The first-order valence-electron chi connectivity index (χ1n) is 10.2. The average molecular weight is 484 g/mol. The molecule has 1 aromatic carbocycles. The van der Waals surface area contributed by atoms with Crippen LogP contribution in [0.1, 0.15) is 48.3 Å². The molecule has 2 heterocycles. The van der Waals surface area contributed by atoms with Crippen LogP contribution in [0.25, 0.3) is 11.2 Å². The first kappa shape index (κ1) is 21.2. The van der Waals surface area contributed by atoms with Gasteiger partial charge in [-0.05, 0) is 53.9 Å². The van der Waals surface area contributed by atoms with Crippen molar-refractivity contribution in [2.24, 2.45) is 0 Å². The van der Waals surface area contributed by atoms with Crippen LogP contribution in [0.5, 0.6) is 0 Å². The molecule has 160 valence electrons. The maximum atomic E-state index is 14.4. The van der Waals surface area contributed by atoms with Crippen LogP contribution >= 0.6 is 15.9 Å². The Morgan fingerprint density at radius 1 is 1.29 bits per heavy atom. The number of amides is 1. The van der Waals surface area contributed by atoms with E-state index in [-0.39, 0.29) is 17.8 Å². The van der Waals surface area contributed by atoms with Crippen LogP contribution in [0.4, 0.5) is 10.2 Å². The van der Waals surface area contributed by atoms with Gasteiger partial charge in [0, 0.05) is 36.2 Å². The first-order chi connectivity index (χ1) is 14.9. The van der Waals surface area contributed by atoms with Gasteiger partial charge in [-0.2, -0.15) is 9.61 Å². The van der Waals surface area contributed by atoms with E-state index in [9.17, 15) is 9.18 Å². The zero-order valence-electron chi connectivity index (χ0n) is 17.3. The van der Waals surface area contributed by atoms with Gasteiger partial charge in [-0.25, -0.2) is 9.37 Å². The maximum Gasteiger partial charge on any atom is 0.251 e. The standard InChI is InChI=1S/C23H23BrFN5O/c1-14(2)28-23(31)16-9-7-15(8-10-16)12-26-21-11-20(17-5-3-4-6-19(17)25)29-22-18(24)13-27-30(21)22/h3,5,7-11,13-14,26H,4,6,12H2,1-2H3,(H,28,31). The van der Waals surface area contributed by atoms with Crippen molar-refractivity contribution in [2.75, 3.05) is 5.32 Å². The Morgan fingerprint density at radius 2 is 2.06 bits per heavy atom. The average Bonchev–Trinajstić information content (AvgIpc) is 3.13. The van der Waals surface area contributed by atoms with Crippen LogP contribution in [0, 0.1) is 0 Å². The summed E-state index contributed by atoms with van der Waals surface area (Å²) in [4.78, 5) is 16.7. The van der Waals surface area contributed by atoms with Gasteiger partial charge in [0.1, 0.15) is 11.6 Å². The molecular weight excluding hydrogens is 461 g/mol. The largest absolute Gasteiger partial charge is 0.366 e. The van der Waals surface area contributed by atoms with Gasteiger partial charge in [0.25, 0.3) is 5.91 Å². The summed E-state index contributed by atoms with van der Waals surface area (Å²) in [5.41, 5.74) is 3.30. The normalized spacial score (nSPS) is 13.8. The molecule has 0 atom stereocenters. The zero-order valence-corrected chi connectivity index (χ0v) is 18.9. The van der Waals surface area contributed by atoms with E-state index in [1.54, 1.807) is 28.9 Å². The topological polar surface area (TPSA) is 71.3 Å². The number of carbonyl (C=O) groups excluding carboxylic acids is 1. The van der Waals surface area contributed by atoms with Crippen molar-refractivity contribution in [3.05, 3.63) is 75.8 Å². The number of halogens is 2. The molecule has 0 aliphatic heterocycles. The van der Waals surface area contributed by atoms with E-state index in [1.807, 2.05) is 38.1 Å². The molecule has 6 nitrogen and oxygen atoms in total. The summed E-state index contributed by atoms with van der Waals surface area (Å²) in [6, 6.07) is 9.32. The van der Waals surface area contributed by atoms with Gasteiger partial charge in [0.2, 0.25) is 0 Å². The quantitative estimate of drug-likeness (QED) is 0.500. The number of rotatable bonds is 6. The van der Waals surface area contributed by atoms with Crippen LogP contribution in [-0.4, -0.2) is 26.5 Å². The number of nitrogens with one attached hydrogen (secondary N) is 2. The molecule has 0 unspecified atom stereocenters. The summed E-state index contributed by atoms with van der Waals surface area (Å²) < 4.78 is 16.8. The Hall–Kier alpha value is -3.00. The van der Waals surface area contributed by atoms with Crippen molar-refractivity contribution in [1.29, 1.82) is 0 Å². The molecule has 31 heavy (non-hydrogen) atoms. The van der Waals surface area contributed by atoms with Gasteiger partial charge in [0.15, 0.2) is 5.65 Å². The molecule has 2 N–H and O–H groups in total. The molecule has 8 heteroatoms. The van der Waals surface area contributed by atoms with Crippen LogP contribution in [-0.2, 0) is 6.54 Å². The molecule has 0 fully saturated rings. The second-order valence-electron chi connectivity index (χ2n) is 7.69. The van der Waals surface area contributed by atoms with Crippen molar-refractivity contribution in [3.63, 3.8) is 0 Å². The third kappa shape index (κ3) is 4.69. The van der Waals surface area contributed by atoms with E-state index in [0.29, 0.717) is 47.7 Å². The van der Waals surface area contributed by atoms with Crippen molar-refractivity contribution in [1.82, 2.24) is 19.9 Å². The summed E-state index contributed by atoms with van der Waals surface area (Å²) in [5, 5.41) is 10.6. The molecule has 3 aromatic rings. The maximum absolute atomic E-state index is 14.4. The molecule has 1 aliphatic carbocycles. The number of hydrogen-bond donors (Lipinski definition) is 2. The SMILES string of the molecule is CC(C)NC(=O)c1ccc(CNc2cc(C3=C(F)CCC=C3)nc3c(Br)cnn23)cc1. The summed E-state index contributed by atoms with van der Waals surface area (Å²) in [6.45, 7) is 4.37. The van der Waals surface area contributed by atoms with Gasteiger partial charge in [-0.3, -0.25) is 4.79 Å². The van der Waals surface area contributed by atoms with E-state index in [2.05, 4.69) is 36.6 Å². The van der Waals surface area contributed by atoms with Gasteiger partial charge in [-0.1, -0.05) is 24.3 Å². The van der Waals surface area contributed by atoms with Gasteiger partial charge in [0.05, 0.1) is 16.4 Å². The van der Waals surface area contributed by atoms with E-state index in [1.165, 1.54) is 0 Å². The minimum absolute atomic E-state index is 0.0875. The fourth-order valence-corrected chi connectivity index (χ4v) is 3.72. The number of allylic oxidation sites excluding steroid dienone is 4. The van der Waals surface area contributed by atoms with Crippen molar-refractivity contribution < 1.29 is 9.18 Å². The molecule has 0 saturated carbocycles. The number of aromatic nitrogens is 3. The highest BCUT2D eigenvalue weighted by atomic mass is 79.9. The first-order valence-corrected chi connectivity index (χ1v) is 10.9. The van der Waals surface area contributed by atoms with Crippen LogP contribution in [0.15, 0.2) is 59.0 Å². The predicted molar refractivity (Wildman–Crippen MR) is 123 cm³/mol. The third-order valence-corrected chi connectivity index (χ3v) is 5.48. The Morgan fingerprint density at radius 3 is 2.77 bits per heavy atom. The van der Waals surface area contributed by atoms with Gasteiger partial charge >= 0.3 is 0 Å². The second kappa shape index (κ2) is 9.01. The fourth-order valence-electron chi connectivity index (χ4n) is 3.37. The predicted octanol–water partition coefficient (Wildman–Crippen LogP) is 5.27. The lowest BCUT2D eigenvalue weighted by Crippen LogP contribution is -2.30. The molecule has 0 spiro atoms. The number of hydrogen-bond acceptors (Lipinski definition) is 4. The zero-order chi connectivity index (χ0) is 22.0. The van der Waals surface area contributed by atoms with Crippen molar-refractivity contribution >= 4 is 38.9 Å². The minimum atomic E-state index is -0.156. The third-order valence-electron chi connectivity index (χ3n) is 4.92. The van der Waals surface area contributed by atoms with Crippen molar-refractivity contribution in [2.45, 2.75) is 39.3 Å². The number of nitrogens with zero attached hydrogens (tertiary/aromatic N) is 3. The highest BCUT2D eigenvalue weighted by molar-refractivity contribution is 9.10. The fraction of sp³-hybridized carbons (Fsp3) is 0.261. The number of benzene rings is 1. The lowest BCUT2D eigenvalue weighted by molar-refractivity contribution is 0.0943. The molecule has 0 radical (unpaired) electrons. The lowest BCUT2D eigenvalue weighted by Gasteiger charge is -2.14. The van der Waals surface area contributed by atoms with Crippen LogP contribution in [0.3, 0.4) is 0 Å². The van der Waals surface area contributed by atoms with Gasteiger partial charge < -0.3 is 10.6 Å². The highest BCUT2D eigenvalue weighted by Gasteiger charge is 2.16. The summed E-state index contributed by atoms with van der Waals surface area (Å²) in [5.74, 6) is 0.454. The number of fused-ring (bicyclic) bond motifs is 1. The van der Waals surface area contributed by atoms with E-state index in [4.69, 9.17) is 0 Å². The Bertz CT molecular complexity index is 1180. The monoisotopic (exact) mass is 483 g/mol. The Balaban J connectivity index is 1.58. The Kier molecular flexibility index (Phi) is 6.18. The van der Waals surface area contributed by atoms with Crippen molar-refractivity contribution in [3.8, 4) is 0 Å². The second-order valence-corrected chi connectivity index (χ2v) is 8.55.